The summed E-state index contributed by atoms with van der Waals surface area (Å²) in [5.41, 5.74) is 1.90. The molecule has 1 aliphatic rings. The highest BCUT2D eigenvalue weighted by Crippen LogP contribution is 2.20. The van der Waals surface area contributed by atoms with Crippen LogP contribution in [0, 0.1) is 0 Å². The lowest BCUT2D eigenvalue weighted by molar-refractivity contribution is -0.144. The zero-order chi connectivity index (χ0) is 20.3. The van der Waals surface area contributed by atoms with Gasteiger partial charge in [-0.15, -0.1) is 0 Å². The number of hydrogen-bond acceptors (Lipinski definition) is 6. The Kier molecular flexibility index (Phi) is 6.03. The number of aryl methyl sites for hydroxylation is 1. The standard InChI is InChI=1S/C19H21N3O5S/c1-3-12-5-6-13-14(9-12)28-19(21(13)11-18(26)27-4-2)20-15(23)10-22-16(24)7-8-17(22)25/h5-6,9H,3-4,7-8,10-11H2,1-2H3. The van der Waals surface area contributed by atoms with Crippen molar-refractivity contribution < 1.29 is 23.9 Å². The number of likely N-dealkylation sites (tertiary alicyclic amines) is 1. The van der Waals surface area contributed by atoms with Crippen LogP contribution >= 0.6 is 11.3 Å². The van der Waals surface area contributed by atoms with Gasteiger partial charge in [-0.3, -0.25) is 24.1 Å². The highest BCUT2D eigenvalue weighted by molar-refractivity contribution is 7.16. The van der Waals surface area contributed by atoms with Gasteiger partial charge in [0.1, 0.15) is 13.1 Å². The number of carbonyl (C=O) groups excluding carboxylic acids is 4. The van der Waals surface area contributed by atoms with E-state index in [0.29, 0.717) is 4.80 Å². The number of aromatic nitrogens is 1. The number of ether oxygens (including phenoxy) is 1. The summed E-state index contributed by atoms with van der Waals surface area (Å²) >= 11 is 1.28. The number of esters is 1. The lowest BCUT2D eigenvalue weighted by Gasteiger charge is -2.10. The van der Waals surface area contributed by atoms with Crippen LogP contribution in [0.5, 0.6) is 0 Å². The molecule has 1 aromatic carbocycles. The predicted octanol–water partition coefficient (Wildman–Crippen LogP) is 1.40. The maximum atomic E-state index is 12.4. The van der Waals surface area contributed by atoms with Crippen molar-refractivity contribution in [1.82, 2.24) is 9.47 Å². The van der Waals surface area contributed by atoms with Crippen LogP contribution in [0.3, 0.4) is 0 Å². The smallest absolute Gasteiger partial charge is 0.326 e. The molecule has 1 saturated heterocycles. The third-order valence-corrected chi connectivity index (χ3v) is 5.46. The summed E-state index contributed by atoms with van der Waals surface area (Å²) in [6, 6.07) is 5.85. The average Bonchev–Trinajstić information content (AvgIpc) is 3.15. The molecule has 0 aliphatic carbocycles. The molecule has 2 aromatic rings. The summed E-state index contributed by atoms with van der Waals surface area (Å²) in [4.78, 5) is 53.2. The molecule has 1 fully saturated rings. The Bertz CT molecular complexity index is 1000. The summed E-state index contributed by atoms with van der Waals surface area (Å²) in [6.07, 6.45) is 1.10. The first-order valence-corrected chi connectivity index (χ1v) is 9.93. The maximum Gasteiger partial charge on any atom is 0.326 e. The summed E-state index contributed by atoms with van der Waals surface area (Å²) in [5.74, 6) is -1.77. The highest BCUT2D eigenvalue weighted by atomic mass is 32.1. The Labute approximate surface area is 165 Å². The predicted molar refractivity (Wildman–Crippen MR) is 102 cm³/mol. The number of thiazole rings is 1. The molecule has 0 unspecified atom stereocenters. The second-order valence-corrected chi connectivity index (χ2v) is 7.32. The largest absolute Gasteiger partial charge is 0.465 e. The molecule has 0 N–H and O–H groups in total. The molecule has 2 heterocycles. The number of carbonyl (C=O) groups is 4. The van der Waals surface area contributed by atoms with Crippen LogP contribution in [0.15, 0.2) is 23.2 Å². The van der Waals surface area contributed by atoms with Gasteiger partial charge in [0, 0.05) is 12.8 Å². The van der Waals surface area contributed by atoms with E-state index < -0.39 is 11.9 Å². The minimum Gasteiger partial charge on any atom is -0.465 e. The minimum absolute atomic E-state index is 0.0764. The van der Waals surface area contributed by atoms with Gasteiger partial charge in [-0.05, 0) is 31.0 Å². The minimum atomic E-state index is -0.608. The van der Waals surface area contributed by atoms with E-state index in [0.717, 1.165) is 27.1 Å². The Morgan fingerprint density at radius 2 is 1.86 bits per heavy atom. The average molecular weight is 403 g/mol. The SMILES string of the molecule is CCOC(=O)Cn1c(=NC(=O)CN2C(=O)CCC2=O)sc2cc(CC)ccc21. The first-order valence-electron chi connectivity index (χ1n) is 9.11. The third-order valence-electron chi connectivity index (χ3n) is 4.42. The van der Waals surface area contributed by atoms with E-state index in [1.165, 1.54) is 11.3 Å². The van der Waals surface area contributed by atoms with Crippen molar-refractivity contribution in [2.45, 2.75) is 39.7 Å². The zero-order valence-corrected chi connectivity index (χ0v) is 16.6. The molecule has 9 heteroatoms. The van der Waals surface area contributed by atoms with Gasteiger partial charge in [0.15, 0.2) is 4.80 Å². The summed E-state index contributed by atoms with van der Waals surface area (Å²) in [7, 11) is 0. The molecule has 3 rings (SSSR count). The maximum absolute atomic E-state index is 12.4. The molecular formula is C19H21N3O5S. The van der Waals surface area contributed by atoms with Crippen molar-refractivity contribution >= 4 is 45.2 Å². The number of hydrogen-bond donors (Lipinski definition) is 0. The summed E-state index contributed by atoms with van der Waals surface area (Å²) < 4.78 is 7.55. The highest BCUT2D eigenvalue weighted by Gasteiger charge is 2.30. The van der Waals surface area contributed by atoms with Crippen molar-refractivity contribution in [3.8, 4) is 0 Å². The fourth-order valence-electron chi connectivity index (χ4n) is 2.99. The van der Waals surface area contributed by atoms with Crippen LogP contribution in [0.25, 0.3) is 10.2 Å². The first-order chi connectivity index (χ1) is 13.4. The lowest BCUT2D eigenvalue weighted by Crippen LogP contribution is -2.34. The van der Waals surface area contributed by atoms with E-state index in [-0.39, 0.29) is 44.4 Å². The second-order valence-electron chi connectivity index (χ2n) is 6.31. The molecule has 8 nitrogen and oxygen atoms in total. The van der Waals surface area contributed by atoms with E-state index >= 15 is 0 Å². The Morgan fingerprint density at radius 1 is 1.14 bits per heavy atom. The molecule has 0 radical (unpaired) electrons. The Balaban J connectivity index is 1.98. The van der Waals surface area contributed by atoms with Crippen molar-refractivity contribution in [3.05, 3.63) is 28.6 Å². The second kappa shape index (κ2) is 8.47. The lowest BCUT2D eigenvalue weighted by atomic mass is 10.2. The fourth-order valence-corrected chi connectivity index (χ4v) is 4.10. The van der Waals surface area contributed by atoms with Gasteiger partial charge < -0.3 is 9.30 Å². The van der Waals surface area contributed by atoms with Gasteiger partial charge in [0.2, 0.25) is 11.8 Å². The number of benzene rings is 1. The normalized spacial score (nSPS) is 14.9. The molecular weight excluding hydrogens is 382 g/mol. The molecule has 1 aliphatic heterocycles. The van der Waals surface area contributed by atoms with E-state index in [1.54, 1.807) is 11.5 Å². The van der Waals surface area contributed by atoms with Crippen LogP contribution in [0.4, 0.5) is 0 Å². The van der Waals surface area contributed by atoms with Gasteiger partial charge in [-0.25, -0.2) is 0 Å². The monoisotopic (exact) mass is 403 g/mol. The molecule has 0 atom stereocenters. The van der Waals surface area contributed by atoms with E-state index in [9.17, 15) is 19.2 Å². The van der Waals surface area contributed by atoms with Crippen molar-refractivity contribution in [3.63, 3.8) is 0 Å². The third kappa shape index (κ3) is 4.19. The summed E-state index contributed by atoms with van der Waals surface area (Å²) in [5, 5.41) is 0. The van der Waals surface area contributed by atoms with Gasteiger partial charge in [-0.1, -0.05) is 24.3 Å². The molecule has 28 heavy (non-hydrogen) atoms. The van der Waals surface area contributed by atoms with Crippen LogP contribution in [-0.4, -0.2) is 46.3 Å². The van der Waals surface area contributed by atoms with E-state index in [2.05, 4.69) is 4.99 Å². The van der Waals surface area contributed by atoms with E-state index in [4.69, 9.17) is 4.74 Å². The number of imide groups is 1. The van der Waals surface area contributed by atoms with Gasteiger partial charge in [0.05, 0.1) is 16.8 Å². The molecule has 1 aromatic heterocycles. The number of nitrogens with zero attached hydrogens (tertiary/aromatic N) is 3. The van der Waals surface area contributed by atoms with Crippen LogP contribution in [0.2, 0.25) is 0 Å². The van der Waals surface area contributed by atoms with Crippen LogP contribution in [-0.2, 0) is 36.9 Å². The van der Waals surface area contributed by atoms with Gasteiger partial charge >= 0.3 is 5.97 Å². The number of amides is 3. The molecule has 0 saturated carbocycles. The Morgan fingerprint density at radius 3 is 2.50 bits per heavy atom. The molecule has 148 valence electrons. The fraction of sp³-hybridized carbons (Fsp3) is 0.421. The van der Waals surface area contributed by atoms with Crippen molar-refractivity contribution in [1.29, 1.82) is 0 Å². The Hall–Kier alpha value is -2.81. The topological polar surface area (TPSA) is 98.0 Å². The van der Waals surface area contributed by atoms with Crippen LogP contribution < -0.4 is 4.80 Å². The van der Waals surface area contributed by atoms with Crippen molar-refractivity contribution in [2.24, 2.45) is 4.99 Å². The molecule has 3 amide bonds. The quantitative estimate of drug-likeness (QED) is 0.536. The summed E-state index contributed by atoms with van der Waals surface area (Å²) in [6.45, 7) is 3.56. The van der Waals surface area contributed by atoms with Gasteiger partial charge in [-0.2, -0.15) is 4.99 Å². The van der Waals surface area contributed by atoms with E-state index in [1.807, 2.05) is 25.1 Å². The van der Waals surface area contributed by atoms with Gasteiger partial charge in [0.25, 0.3) is 5.91 Å². The van der Waals surface area contributed by atoms with Crippen LogP contribution in [0.1, 0.15) is 32.3 Å². The molecule has 0 spiro atoms. The number of rotatable bonds is 6. The number of fused-ring (bicyclic) bond motifs is 1. The van der Waals surface area contributed by atoms with Crippen molar-refractivity contribution in [2.75, 3.05) is 13.2 Å². The zero-order valence-electron chi connectivity index (χ0n) is 15.8. The molecule has 0 bridgehead atoms. The first kappa shape index (κ1) is 19.9.